The Morgan fingerprint density at radius 1 is 1.48 bits per heavy atom. The molecule has 114 valence electrons. The molecule has 1 atom stereocenters. The first-order chi connectivity index (χ1) is 10.1. The minimum absolute atomic E-state index is 0.0417. The van der Waals surface area contributed by atoms with Gasteiger partial charge >= 0.3 is 0 Å². The highest BCUT2D eigenvalue weighted by Crippen LogP contribution is 2.43. The van der Waals surface area contributed by atoms with Gasteiger partial charge in [-0.25, -0.2) is 0 Å². The van der Waals surface area contributed by atoms with Crippen molar-refractivity contribution in [1.82, 2.24) is 15.2 Å². The average molecular weight is 289 g/mol. The van der Waals surface area contributed by atoms with Crippen molar-refractivity contribution in [2.24, 2.45) is 11.3 Å². The number of aliphatic hydroxyl groups is 1. The minimum atomic E-state index is 0.0417. The third-order valence-corrected chi connectivity index (χ3v) is 5.04. The van der Waals surface area contributed by atoms with Crippen LogP contribution in [0.3, 0.4) is 0 Å². The van der Waals surface area contributed by atoms with Crippen molar-refractivity contribution >= 4 is 5.91 Å². The number of hydrogen-bond acceptors (Lipinski definition) is 4. The van der Waals surface area contributed by atoms with Crippen molar-refractivity contribution in [2.45, 2.75) is 19.8 Å². The van der Waals surface area contributed by atoms with Gasteiger partial charge in [0.1, 0.15) is 0 Å². The molecule has 1 amide bonds. The second-order valence-electron chi connectivity index (χ2n) is 6.43. The topological polar surface area (TPSA) is 65.5 Å². The molecule has 2 fully saturated rings. The number of carbonyl (C=O) groups is 1. The summed E-state index contributed by atoms with van der Waals surface area (Å²) in [5.41, 5.74) is 1.74. The fourth-order valence-electron chi connectivity index (χ4n) is 3.79. The van der Waals surface area contributed by atoms with Crippen molar-refractivity contribution in [2.75, 3.05) is 32.8 Å². The lowest BCUT2D eigenvalue weighted by atomic mass is 9.71. The van der Waals surface area contributed by atoms with Crippen LogP contribution in [0.15, 0.2) is 18.5 Å². The van der Waals surface area contributed by atoms with Crippen molar-refractivity contribution < 1.29 is 9.90 Å². The molecule has 2 aliphatic heterocycles. The Labute approximate surface area is 125 Å². The van der Waals surface area contributed by atoms with Crippen molar-refractivity contribution in [3.63, 3.8) is 0 Å². The second-order valence-corrected chi connectivity index (χ2v) is 6.43. The molecule has 0 radical (unpaired) electrons. The van der Waals surface area contributed by atoms with Gasteiger partial charge in [-0.05, 0) is 49.9 Å². The van der Waals surface area contributed by atoms with E-state index in [9.17, 15) is 9.90 Å². The van der Waals surface area contributed by atoms with Gasteiger partial charge in [0.15, 0.2) is 0 Å². The van der Waals surface area contributed by atoms with Crippen LogP contribution in [0.25, 0.3) is 0 Å². The fourth-order valence-corrected chi connectivity index (χ4v) is 3.79. The zero-order valence-corrected chi connectivity index (χ0v) is 12.5. The highest BCUT2D eigenvalue weighted by atomic mass is 16.3. The highest BCUT2D eigenvalue weighted by Gasteiger charge is 2.47. The molecule has 3 rings (SSSR count). The van der Waals surface area contributed by atoms with Gasteiger partial charge in [-0.2, -0.15) is 0 Å². The molecule has 0 bridgehead atoms. The lowest BCUT2D eigenvalue weighted by Crippen LogP contribution is -2.43. The maximum absolute atomic E-state index is 12.7. The smallest absolute Gasteiger partial charge is 0.255 e. The lowest BCUT2D eigenvalue weighted by Gasteiger charge is -2.37. The van der Waals surface area contributed by atoms with E-state index in [0.717, 1.165) is 38.0 Å². The number of hydrogen-bond donors (Lipinski definition) is 2. The monoisotopic (exact) mass is 289 g/mol. The number of piperidine rings is 1. The Kier molecular flexibility index (Phi) is 3.95. The molecule has 1 aromatic heterocycles. The Bertz CT molecular complexity index is 526. The maximum atomic E-state index is 12.7. The first kappa shape index (κ1) is 14.5. The predicted octanol–water partition coefficient (Wildman–Crippen LogP) is 0.824. The largest absolute Gasteiger partial charge is 0.396 e. The molecule has 5 nitrogen and oxygen atoms in total. The molecule has 0 aromatic carbocycles. The molecule has 1 spiro atoms. The quantitative estimate of drug-likeness (QED) is 0.846. The number of likely N-dealkylation sites (tertiary alicyclic amines) is 1. The maximum Gasteiger partial charge on any atom is 0.255 e. The van der Waals surface area contributed by atoms with E-state index in [1.54, 1.807) is 12.4 Å². The summed E-state index contributed by atoms with van der Waals surface area (Å²) in [6.07, 6.45) is 5.46. The number of rotatable bonds is 2. The van der Waals surface area contributed by atoms with Crippen LogP contribution in [-0.2, 0) is 0 Å². The molecule has 1 aromatic rings. The third-order valence-electron chi connectivity index (χ3n) is 5.04. The number of aromatic nitrogens is 1. The van der Waals surface area contributed by atoms with Crippen molar-refractivity contribution in [3.05, 3.63) is 29.6 Å². The molecule has 1 unspecified atom stereocenters. The summed E-state index contributed by atoms with van der Waals surface area (Å²) in [5.74, 6) is 0.237. The van der Waals surface area contributed by atoms with Crippen LogP contribution in [0.2, 0.25) is 0 Å². The molecule has 5 heteroatoms. The Morgan fingerprint density at radius 2 is 2.24 bits per heavy atom. The van der Waals surface area contributed by atoms with Gasteiger partial charge in [0.25, 0.3) is 5.91 Å². The van der Waals surface area contributed by atoms with E-state index in [1.165, 1.54) is 0 Å². The number of aryl methyl sites for hydroxylation is 1. The summed E-state index contributed by atoms with van der Waals surface area (Å²) in [4.78, 5) is 18.7. The molecule has 2 aliphatic rings. The number of carbonyl (C=O) groups excluding carboxylic acids is 1. The SMILES string of the molecule is Cc1cncc(C(=O)N2CC(CO)C3(CCNCC3)C2)c1. The summed E-state index contributed by atoms with van der Waals surface area (Å²) in [7, 11) is 0. The standard InChI is InChI=1S/C16H23N3O2/c1-12-6-13(8-18-7-12)15(21)19-9-14(10-20)16(11-19)2-4-17-5-3-16/h6-8,14,17,20H,2-5,9-11H2,1H3. The number of amides is 1. The van der Waals surface area contributed by atoms with Crippen LogP contribution >= 0.6 is 0 Å². The van der Waals surface area contributed by atoms with E-state index in [0.29, 0.717) is 12.1 Å². The van der Waals surface area contributed by atoms with Gasteiger partial charge < -0.3 is 15.3 Å². The van der Waals surface area contributed by atoms with E-state index in [1.807, 2.05) is 17.9 Å². The third kappa shape index (κ3) is 2.68. The number of nitrogens with one attached hydrogen (secondary N) is 1. The van der Waals surface area contributed by atoms with Crippen LogP contribution in [0.1, 0.15) is 28.8 Å². The lowest BCUT2D eigenvalue weighted by molar-refractivity contribution is 0.0755. The summed E-state index contributed by atoms with van der Waals surface area (Å²) in [5, 5.41) is 13.1. The van der Waals surface area contributed by atoms with E-state index < -0.39 is 0 Å². The van der Waals surface area contributed by atoms with Gasteiger partial charge in [0, 0.05) is 38.0 Å². The summed E-state index contributed by atoms with van der Waals surface area (Å²) < 4.78 is 0. The number of pyridine rings is 1. The molecule has 3 heterocycles. The zero-order valence-electron chi connectivity index (χ0n) is 12.5. The van der Waals surface area contributed by atoms with Crippen LogP contribution in [-0.4, -0.2) is 53.7 Å². The molecule has 0 aliphatic carbocycles. The Hall–Kier alpha value is -1.46. The highest BCUT2D eigenvalue weighted by molar-refractivity contribution is 5.94. The van der Waals surface area contributed by atoms with Crippen molar-refractivity contribution in [1.29, 1.82) is 0 Å². The molecule has 2 saturated heterocycles. The summed E-state index contributed by atoms with van der Waals surface area (Å²) >= 11 is 0. The van der Waals surface area contributed by atoms with Crippen LogP contribution in [0.4, 0.5) is 0 Å². The van der Waals surface area contributed by atoms with Crippen LogP contribution < -0.4 is 5.32 Å². The fraction of sp³-hybridized carbons (Fsp3) is 0.625. The zero-order chi connectivity index (χ0) is 14.9. The first-order valence-electron chi connectivity index (χ1n) is 7.67. The van der Waals surface area contributed by atoms with E-state index >= 15 is 0 Å². The van der Waals surface area contributed by atoms with Gasteiger partial charge in [-0.15, -0.1) is 0 Å². The van der Waals surface area contributed by atoms with E-state index in [2.05, 4.69) is 10.3 Å². The van der Waals surface area contributed by atoms with Crippen LogP contribution in [0, 0.1) is 18.3 Å². The average Bonchev–Trinajstić information content (AvgIpc) is 2.85. The normalized spacial score (nSPS) is 24.5. The molecular formula is C16H23N3O2. The van der Waals surface area contributed by atoms with Crippen LogP contribution in [0.5, 0.6) is 0 Å². The summed E-state index contributed by atoms with van der Waals surface area (Å²) in [6.45, 7) is 5.47. The molecule has 2 N–H and O–H groups in total. The number of nitrogens with zero attached hydrogens (tertiary/aromatic N) is 2. The molecular weight excluding hydrogens is 266 g/mol. The Balaban J connectivity index is 1.79. The van der Waals surface area contributed by atoms with E-state index in [4.69, 9.17) is 0 Å². The van der Waals surface area contributed by atoms with E-state index in [-0.39, 0.29) is 23.8 Å². The predicted molar refractivity (Wildman–Crippen MR) is 80.0 cm³/mol. The number of aliphatic hydroxyl groups excluding tert-OH is 1. The second kappa shape index (κ2) is 5.73. The first-order valence-corrected chi connectivity index (χ1v) is 7.67. The van der Waals surface area contributed by atoms with Gasteiger partial charge in [-0.3, -0.25) is 9.78 Å². The Morgan fingerprint density at radius 3 is 2.90 bits per heavy atom. The van der Waals surface area contributed by atoms with Gasteiger partial charge in [-0.1, -0.05) is 0 Å². The van der Waals surface area contributed by atoms with Crippen molar-refractivity contribution in [3.8, 4) is 0 Å². The molecule has 0 saturated carbocycles. The minimum Gasteiger partial charge on any atom is -0.396 e. The van der Waals surface area contributed by atoms with Gasteiger partial charge in [0.2, 0.25) is 0 Å². The van der Waals surface area contributed by atoms with Gasteiger partial charge in [0.05, 0.1) is 5.56 Å². The summed E-state index contributed by atoms with van der Waals surface area (Å²) in [6, 6.07) is 1.89. The molecule has 21 heavy (non-hydrogen) atoms.